The van der Waals surface area contributed by atoms with E-state index in [9.17, 15) is 4.21 Å². The maximum absolute atomic E-state index is 11.9. The van der Waals surface area contributed by atoms with Crippen molar-refractivity contribution in [2.45, 2.75) is 11.5 Å². The summed E-state index contributed by atoms with van der Waals surface area (Å²) in [5.41, 5.74) is 0.970. The van der Waals surface area contributed by atoms with Crippen molar-refractivity contribution in [1.29, 1.82) is 0 Å². The number of hydrogen-bond donors (Lipinski definition) is 0. The van der Waals surface area contributed by atoms with Gasteiger partial charge in [0.1, 0.15) is 12.2 Å². The first-order valence-corrected chi connectivity index (χ1v) is 6.94. The lowest BCUT2D eigenvalue weighted by atomic mass is 10.2. The van der Waals surface area contributed by atoms with Gasteiger partial charge < -0.3 is 4.57 Å². The zero-order chi connectivity index (χ0) is 12.3. The largest absolute Gasteiger partial charge is 0.320 e. The highest BCUT2D eigenvalue weighted by Crippen LogP contribution is 2.13. The number of aromatic nitrogens is 3. The normalized spacial score (nSPS) is 12.6. The molecule has 4 nitrogen and oxygen atoms in total. The Kier molecular flexibility index (Phi) is 3.91. The minimum Gasteiger partial charge on any atom is -0.320 e. The summed E-state index contributed by atoms with van der Waals surface area (Å²) < 4.78 is 13.7. The molecule has 0 N–H and O–H groups in total. The van der Waals surface area contributed by atoms with Crippen LogP contribution in [-0.4, -0.2) is 19.0 Å². The Labute approximate surface area is 107 Å². The Bertz CT molecular complexity index is 541. The minimum atomic E-state index is -1.00. The quantitative estimate of drug-likeness (QED) is 0.852. The van der Waals surface area contributed by atoms with Gasteiger partial charge in [0.25, 0.3) is 0 Å². The molecular formula is C11H12ClN3OS. The minimum absolute atomic E-state index is 0.406. The van der Waals surface area contributed by atoms with E-state index in [1.165, 1.54) is 0 Å². The van der Waals surface area contributed by atoms with E-state index in [-0.39, 0.29) is 0 Å². The fourth-order valence-corrected chi connectivity index (χ4v) is 2.86. The summed E-state index contributed by atoms with van der Waals surface area (Å²) in [7, 11) is 0.838. The molecule has 0 saturated heterocycles. The van der Waals surface area contributed by atoms with Gasteiger partial charge in [-0.1, -0.05) is 23.7 Å². The summed E-state index contributed by atoms with van der Waals surface area (Å²) >= 11 is 5.87. The van der Waals surface area contributed by atoms with Gasteiger partial charge in [0.15, 0.2) is 0 Å². The Morgan fingerprint density at radius 2 is 2.24 bits per heavy atom. The van der Waals surface area contributed by atoms with Gasteiger partial charge in [0.05, 0.1) is 5.75 Å². The Hall–Kier alpha value is -1.20. The van der Waals surface area contributed by atoms with Crippen molar-refractivity contribution in [1.82, 2.24) is 14.8 Å². The zero-order valence-electron chi connectivity index (χ0n) is 9.34. The number of benzene rings is 1. The highest BCUT2D eigenvalue weighted by Gasteiger charge is 2.08. The van der Waals surface area contributed by atoms with Gasteiger partial charge in [-0.25, -0.2) is 0 Å². The topological polar surface area (TPSA) is 47.8 Å². The maximum Gasteiger partial charge on any atom is 0.145 e. The molecule has 0 amide bonds. The average Bonchev–Trinajstić information content (AvgIpc) is 2.64. The fraction of sp³-hybridized carbons (Fsp3) is 0.273. The van der Waals surface area contributed by atoms with Crippen LogP contribution in [0.25, 0.3) is 0 Å². The van der Waals surface area contributed by atoms with Crippen LogP contribution < -0.4 is 0 Å². The molecule has 0 aliphatic rings. The fourth-order valence-electron chi connectivity index (χ4n) is 1.45. The van der Waals surface area contributed by atoms with Crippen LogP contribution in [0.15, 0.2) is 30.6 Å². The van der Waals surface area contributed by atoms with Gasteiger partial charge in [0.2, 0.25) is 0 Å². The SMILES string of the molecule is Cn1cnnc1C[S@@](=O)Cc1cccc(Cl)c1. The van der Waals surface area contributed by atoms with Crippen LogP contribution >= 0.6 is 11.6 Å². The van der Waals surface area contributed by atoms with Gasteiger partial charge in [-0.05, 0) is 17.7 Å². The van der Waals surface area contributed by atoms with E-state index in [1.807, 2.05) is 25.2 Å². The van der Waals surface area contributed by atoms with Crippen molar-refractivity contribution < 1.29 is 4.21 Å². The summed E-state index contributed by atoms with van der Waals surface area (Å²) in [5, 5.41) is 8.33. The Morgan fingerprint density at radius 1 is 1.41 bits per heavy atom. The molecule has 90 valence electrons. The van der Waals surface area contributed by atoms with E-state index in [0.29, 0.717) is 16.5 Å². The summed E-state index contributed by atoms with van der Waals surface area (Å²) in [6, 6.07) is 7.41. The molecule has 0 radical (unpaired) electrons. The van der Waals surface area contributed by atoms with Crippen LogP contribution in [0.3, 0.4) is 0 Å². The van der Waals surface area contributed by atoms with Crippen LogP contribution in [0.1, 0.15) is 11.4 Å². The number of aryl methyl sites for hydroxylation is 1. The molecular weight excluding hydrogens is 258 g/mol. The van der Waals surface area contributed by atoms with E-state index in [1.54, 1.807) is 17.0 Å². The Morgan fingerprint density at radius 3 is 2.88 bits per heavy atom. The number of hydrogen-bond acceptors (Lipinski definition) is 3. The smallest absolute Gasteiger partial charge is 0.145 e. The van der Waals surface area contributed by atoms with E-state index < -0.39 is 10.8 Å². The van der Waals surface area contributed by atoms with E-state index in [0.717, 1.165) is 11.4 Å². The van der Waals surface area contributed by atoms with Gasteiger partial charge in [-0.3, -0.25) is 4.21 Å². The lowest BCUT2D eigenvalue weighted by Crippen LogP contribution is -2.04. The van der Waals surface area contributed by atoms with E-state index in [4.69, 9.17) is 11.6 Å². The van der Waals surface area contributed by atoms with Crippen LogP contribution in [0, 0.1) is 0 Å². The third-order valence-electron chi connectivity index (χ3n) is 2.31. The molecule has 0 aliphatic heterocycles. The molecule has 2 aromatic rings. The molecule has 0 aliphatic carbocycles. The molecule has 0 bridgehead atoms. The second-order valence-corrected chi connectivity index (χ2v) is 5.61. The highest BCUT2D eigenvalue weighted by atomic mass is 35.5. The second kappa shape index (κ2) is 5.42. The summed E-state index contributed by atoms with van der Waals surface area (Å²) in [5.74, 6) is 1.61. The molecule has 0 saturated carbocycles. The molecule has 0 unspecified atom stereocenters. The first kappa shape index (κ1) is 12.3. The Balaban J connectivity index is 2.01. The lowest BCUT2D eigenvalue weighted by Gasteiger charge is -2.02. The maximum atomic E-state index is 11.9. The number of halogens is 1. The van der Waals surface area contributed by atoms with Gasteiger partial charge >= 0.3 is 0 Å². The first-order valence-electron chi connectivity index (χ1n) is 5.07. The molecule has 1 atom stereocenters. The van der Waals surface area contributed by atoms with Crippen molar-refractivity contribution in [3.8, 4) is 0 Å². The molecule has 1 aromatic carbocycles. The summed E-state index contributed by atoms with van der Waals surface area (Å²) in [4.78, 5) is 0. The summed E-state index contributed by atoms with van der Waals surface area (Å²) in [6.07, 6.45) is 1.60. The second-order valence-electron chi connectivity index (χ2n) is 3.72. The van der Waals surface area contributed by atoms with Crippen molar-refractivity contribution in [3.05, 3.63) is 47.0 Å². The molecule has 2 rings (SSSR count). The standard InChI is InChI=1S/C11H12ClN3OS/c1-15-8-13-14-11(15)7-17(16)6-9-3-2-4-10(12)5-9/h2-5,8H,6-7H2,1H3/t17-/m0/s1. The van der Waals surface area contributed by atoms with E-state index in [2.05, 4.69) is 10.2 Å². The van der Waals surface area contributed by atoms with Crippen molar-refractivity contribution >= 4 is 22.4 Å². The van der Waals surface area contributed by atoms with Crippen LogP contribution in [0.5, 0.6) is 0 Å². The van der Waals surface area contributed by atoms with Crippen molar-refractivity contribution in [2.75, 3.05) is 0 Å². The third-order valence-corrected chi connectivity index (χ3v) is 3.78. The van der Waals surface area contributed by atoms with E-state index >= 15 is 0 Å². The van der Waals surface area contributed by atoms with Crippen molar-refractivity contribution in [2.24, 2.45) is 7.05 Å². The molecule has 0 spiro atoms. The summed E-state index contributed by atoms with van der Waals surface area (Å²) in [6.45, 7) is 0. The molecule has 1 aromatic heterocycles. The predicted octanol–water partition coefficient (Wildman–Crippen LogP) is 1.92. The molecule has 0 fully saturated rings. The third kappa shape index (κ3) is 3.38. The van der Waals surface area contributed by atoms with Crippen LogP contribution in [0.4, 0.5) is 0 Å². The monoisotopic (exact) mass is 269 g/mol. The highest BCUT2D eigenvalue weighted by molar-refractivity contribution is 7.83. The van der Waals surface area contributed by atoms with Gasteiger partial charge in [0, 0.05) is 28.6 Å². The van der Waals surface area contributed by atoms with Gasteiger partial charge in [-0.2, -0.15) is 0 Å². The zero-order valence-corrected chi connectivity index (χ0v) is 10.9. The average molecular weight is 270 g/mol. The van der Waals surface area contributed by atoms with Crippen LogP contribution in [0.2, 0.25) is 5.02 Å². The molecule has 1 heterocycles. The molecule has 6 heteroatoms. The van der Waals surface area contributed by atoms with Gasteiger partial charge in [-0.15, -0.1) is 10.2 Å². The first-order chi connectivity index (χ1) is 8.15. The predicted molar refractivity (Wildman–Crippen MR) is 68.0 cm³/mol. The van der Waals surface area contributed by atoms with Crippen molar-refractivity contribution in [3.63, 3.8) is 0 Å². The lowest BCUT2D eigenvalue weighted by molar-refractivity contribution is 0.679. The molecule has 17 heavy (non-hydrogen) atoms. The number of rotatable bonds is 4. The number of nitrogens with zero attached hydrogens (tertiary/aromatic N) is 3. The van der Waals surface area contributed by atoms with Crippen LogP contribution in [-0.2, 0) is 29.4 Å².